The summed E-state index contributed by atoms with van der Waals surface area (Å²) in [6, 6.07) is 0. The largest absolute Gasteiger partial charge is 0.495 e. The smallest absolute Gasteiger partial charge is 0.359 e. The van der Waals surface area contributed by atoms with Crippen LogP contribution in [0.15, 0.2) is 0 Å². The average molecular weight is 503 g/mol. The van der Waals surface area contributed by atoms with E-state index in [4.69, 9.17) is 0 Å². The number of unbranched alkanes of at least 4 members (excludes halogenated alkanes) is 9. The van der Waals surface area contributed by atoms with Gasteiger partial charge in [0.1, 0.15) is 0 Å². The van der Waals surface area contributed by atoms with E-state index < -0.39 is 34.6 Å². The van der Waals surface area contributed by atoms with Gasteiger partial charge < -0.3 is 5.53 Å². The van der Waals surface area contributed by atoms with E-state index in [2.05, 4.69) is 11.7 Å². The van der Waals surface area contributed by atoms with Crippen molar-refractivity contribution in [3.8, 4) is 0 Å². The monoisotopic (exact) mass is 502 g/mol. The van der Waals surface area contributed by atoms with Crippen LogP contribution in [0.5, 0.6) is 0 Å². The molecule has 2 aliphatic carbocycles. The lowest BCUT2D eigenvalue weighted by Crippen LogP contribution is -2.41. The van der Waals surface area contributed by atoms with E-state index in [1.165, 1.54) is 64.2 Å². The van der Waals surface area contributed by atoms with Crippen LogP contribution in [0.3, 0.4) is 0 Å². The van der Waals surface area contributed by atoms with Crippen molar-refractivity contribution in [3.63, 3.8) is 0 Å². The Bertz CT molecular complexity index is 818. The second kappa shape index (κ2) is 14.6. The lowest BCUT2D eigenvalue weighted by molar-refractivity contribution is 0.00358. The maximum absolute atomic E-state index is 13.1. The molecule has 2 rings (SSSR count). The zero-order valence-electron chi connectivity index (χ0n) is 20.7. The first-order chi connectivity index (χ1) is 15.8. The van der Waals surface area contributed by atoms with E-state index in [1.54, 1.807) is 0 Å². The molecule has 0 unspecified atom stereocenters. The van der Waals surface area contributed by atoms with Gasteiger partial charge in [0, 0.05) is 0 Å². The van der Waals surface area contributed by atoms with Crippen molar-refractivity contribution >= 4 is 24.1 Å². The summed E-state index contributed by atoms with van der Waals surface area (Å²) < 4.78 is 51.0. The molecular weight excluding hydrogens is 456 g/mol. The first kappa shape index (κ1) is 28.5. The maximum atomic E-state index is 13.1. The van der Waals surface area contributed by atoms with Gasteiger partial charge >= 0.3 is 4.38 Å². The van der Waals surface area contributed by atoms with Crippen molar-refractivity contribution in [1.29, 1.82) is 0 Å². The molecule has 0 saturated heterocycles. The van der Waals surface area contributed by atoms with Gasteiger partial charge in [-0.1, -0.05) is 96.8 Å². The van der Waals surface area contributed by atoms with E-state index in [0.717, 1.165) is 38.5 Å². The zero-order valence-corrected chi connectivity index (χ0v) is 22.4. The van der Waals surface area contributed by atoms with E-state index >= 15 is 0 Å². The first-order valence-corrected chi connectivity index (χ1v) is 16.6. The number of nitrogens with zero attached hydrogens (tertiary/aromatic N) is 2. The highest BCUT2D eigenvalue weighted by Crippen LogP contribution is 2.34. The number of hydrogen-bond donors (Lipinski definition) is 0. The van der Waals surface area contributed by atoms with Crippen LogP contribution in [0.2, 0.25) is 0 Å². The van der Waals surface area contributed by atoms with Crippen LogP contribution in [-0.2, 0) is 19.7 Å². The lowest BCUT2D eigenvalue weighted by Gasteiger charge is -2.27. The minimum absolute atomic E-state index is 0.447. The molecule has 0 amide bonds. The molecule has 0 aliphatic heterocycles. The third-order valence-corrected chi connectivity index (χ3v) is 13.0. The van der Waals surface area contributed by atoms with Crippen LogP contribution in [0.4, 0.5) is 0 Å². The van der Waals surface area contributed by atoms with Crippen molar-refractivity contribution in [2.45, 2.75) is 146 Å². The predicted octanol–water partition coefficient (Wildman–Crippen LogP) is 6.60. The molecule has 0 radical (unpaired) electrons. The van der Waals surface area contributed by atoms with E-state index in [0.29, 0.717) is 31.6 Å². The maximum Gasteiger partial charge on any atom is 0.495 e. The molecule has 6 nitrogen and oxygen atoms in total. The summed E-state index contributed by atoms with van der Waals surface area (Å²) in [6.07, 6.45) is 20.2. The van der Waals surface area contributed by atoms with Crippen LogP contribution in [0, 0.1) is 5.92 Å². The molecule has 8 heteroatoms. The molecule has 192 valence electrons. The molecule has 0 aromatic carbocycles. The van der Waals surface area contributed by atoms with Crippen LogP contribution in [0.25, 0.3) is 5.53 Å². The first-order valence-electron chi connectivity index (χ1n) is 13.5. The molecule has 0 aromatic rings. The van der Waals surface area contributed by atoms with Gasteiger partial charge in [-0.2, -0.15) is 0 Å². The van der Waals surface area contributed by atoms with E-state index in [1.807, 2.05) is 0 Å². The molecule has 0 atom stereocenters. The average Bonchev–Trinajstić information content (AvgIpc) is 2.81. The van der Waals surface area contributed by atoms with Gasteiger partial charge in [-0.15, -0.1) is 4.79 Å². The molecule has 0 bridgehead atoms. The Kier molecular flexibility index (Phi) is 12.6. The minimum atomic E-state index is -4.14. The summed E-state index contributed by atoms with van der Waals surface area (Å²) >= 11 is 0. The van der Waals surface area contributed by atoms with Crippen molar-refractivity contribution in [2.75, 3.05) is 0 Å². The molecule has 33 heavy (non-hydrogen) atoms. The Morgan fingerprint density at radius 3 is 1.61 bits per heavy atom. The highest BCUT2D eigenvalue weighted by molar-refractivity contribution is 8.31. The SMILES string of the molecule is CCCCCCCCCCCCC1CCC(S(=O)(=O)C(=[N+]=[N-])S(=O)(=O)C2CCCCC2)CC1. The molecular formula is C25H46N2O4S2. The van der Waals surface area contributed by atoms with Gasteiger partial charge in [-0.3, -0.25) is 0 Å². The fraction of sp³-hybridized carbons (Fsp3) is 0.960. The normalized spacial score (nSPS) is 22.7. The number of sulfone groups is 2. The van der Waals surface area contributed by atoms with Gasteiger partial charge in [-0.25, -0.2) is 16.8 Å². The topological polar surface area (TPSA) is 105 Å². The summed E-state index contributed by atoms with van der Waals surface area (Å²) in [5.74, 6) is 0.523. The van der Waals surface area contributed by atoms with E-state index in [-0.39, 0.29) is 0 Å². The Balaban J connectivity index is 1.72. The highest BCUT2D eigenvalue weighted by Gasteiger charge is 2.50. The fourth-order valence-corrected chi connectivity index (χ4v) is 10.3. The Labute approximate surface area is 202 Å². The predicted molar refractivity (Wildman–Crippen MR) is 136 cm³/mol. The van der Waals surface area contributed by atoms with Crippen LogP contribution >= 0.6 is 0 Å². The van der Waals surface area contributed by atoms with Crippen LogP contribution in [-0.4, -0.2) is 36.5 Å². The highest BCUT2D eigenvalue weighted by atomic mass is 32.3. The number of rotatable bonds is 13. The summed E-state index contributed by atoms with van der Waals surface area (Å²) in [6.45, 7) is 2.24. The Morgan fingerprint density at radius 2 is 1.12 bits per heavy atom. The molecule has 0 aromatic heterocycles. The second-order valence-electron chi connectivity index (χ2n) is 10.3. The summed E-state index contributed by atoms with van der Waals surface area (Å²) in [5, 5.41) is -1.48. The van der Waals surface area contributed by atoms with Gasteiger partial charge in [0.05, 0.1) is 10.5 Å². The van der Waals surface area contributed by atoms with Crippen LogP contribution in [0.1, 0.15) is 135 Å². The van der Waals surface area contributed by atoms with Gasteiger partial charge in [0.25, 0.3) is 19.7 Å². The summed E-state index contributed by atoms with van der Waals surface area (Å²) in [4.78, 5) is 2.85. The molecule has 0 N–H and O–H groups in total. The molecule has 0 spiro atoms. The summed E-state index contributed by atoms with van der Waals surface area (Å²) in [5.41, 5.74) is 9.40. The second-order valence-corrected chi connectivity index (χ2v) is 14.9. The third kappa shape index (κ3) is 8.78. The van der Waals surface area contributed by atoms with Crippen molar-refractivity contribution < 1.29 is 21.6 Å². The fourth-order valence-electron chi connectivity index (χ4n) is 5.59. The molecule has 2 saturated carbocycles. The minimum Gasteiger partial charge on any atom is -0.359 e. The van der Waals surface area contributed by atoms with Gasteiger partial charge in [0.15, 0.2) is 0 Å². The zero-order chi connectivity index (χ0) is 24.2. The van der Waals surface area contributed by atoms with Crippen molar-refractivity contribution in [1.82, 2.24) is 0 Å². The van der Waals surface area contributed by atoms with Gasteiger partial charge in [0.2, 0.25) is 0 Å². The molecule has 2 fully saturated rings. The summed E-state index contributed by atoms with van der Waals surface area (Å²) in [7, 11) is -8.25. The lowest BCUT2D eigenvalue weighted by atomic mass is 9.85. The molecule has 2 aliphatic rings. The van der Waals surface area contributed by atoms with Gasteiger partial charge in [-0.05, 0) is 44.4 Å². The van der Waals surface area contributed by atoms with E-state index in [9.17, 15) is 22.4 Å². The quantitative estimate of drug-likeness (QED) is 0.0929. The third-order valence-electron chi connectivity index (χ3n) is 7.76. The Morgan fingerprint density at radius 1 is 0.667 bits per heavy atom. The van der Waals surface area contributed by atoms with Crippen molar-refractivity contribution in [3.05, 3.63) is 5.53 Å². The Hall–Kier alpha value is -0.720. The standard InChI is InChI=1S/C25H46N2O4S2/c1-2-3-4-5-6-7-8-9-10-12-15-22-18-20-24(21-19-22)33(30,31)25(27-26)32(28,29)23-16-13-11-14-17-23/h22-24H,2-21H2,1H3. The van der Waals surface area contributed by atoms with Crippen molar-refractivity contribution in [2.24, 2.45) is 5.92 Å². The van der Waals surface area contributed by atoms with Crippen LogP contribution < -0.4 is 0 Å². The molecule has 0 heterocycles. The number of hydrogen-bond acceptors (Lipinski definition) is 4.